The zero-order chi connectivity index (χ0) is 24.2. The van der Waals surface area contributed by atoms with Crippen LogP contribution in [0.4, 0.5) is 0 Å². The van der Waals surface area contributed by atoms with E-state index in [0.717, 1.165) is 11.3 Å². The molecule has 0 N–H and O–H groups in total. The Kier molecular flexibility index (Phi) is 6.63. The van der Waals surface area contributed by atoms with Gasteiger partial charge in [-0.3, -0.25) is 4.79 Å². The maximum absolute atomic E-state index is 13.9. The molecule has 4 rings (SSSR count). The van der Waals surface area contributed by atoms with Crippen molar-refractivity contribution in [2.24, 2.45) is 0 Å². The summed E-state index contributed by atoms with van der Waals surface area (Å²) in [6, 6.07) is 16.1. The van der Waals surface area contributed by atoms with Gasteiger partial charge in [-0.1, -0.05) is 0 Å². The van der Waals surface area contributed by atoms with Gasteiger partial charge in [-0.25, -0.2) is 0 Å². The molecule has 0 atom stereocenters. The Hall–Kier alpha value is -4.13. The summed E-state index contributed by atoms with van der Waals surface area (Å²) in [5, 5.41) is 0.670. The highest BCUT2D eigenvalue weighted by atomic mass is 16.5. The zero-order valence-electron chi connectivity index (χ0n) is 19.8. The van der Waals surface area contributed by atoms with Gasteiger partial charge in [0.1, 0.15) is 22.8 Å². The fourth-order valence-electron chi connectivity index (χ4n) is 3.86. The van der Waals surface area contributed by atoms with Crippen LogP contribution in [0.25, 0.3) is 22.3 Å². The molecule has 0 spiro atoms. The summed E-state index contributed by atoms with van der Waals surface area (Å²) in [6.07, 6.45) is 0. The molecular weight excluding hydrogens is 436 g/mol. The zero-order valence-corrected chi connectivity index (χ0v) is 19.8. The van der Waals surface area contributed by atoms with Crippen LogP contribution in [0.15, 0.2) is 59.0 Å². The Morgan fingerprint density at radius 3 is 2.00 bits per heavy atom. The number of hydrogen-bond donors (Lipinski definition) is 0. The van der Waals surface area contributed by atoms with E-state index in [1.54, 1.807) is 31.4 Å². The standard InChI is InChI=1S/C27H26O7/c1-6-33-18-9-7-16(8-10-18)26-24(20-12-11-19(29-2)15-21(20)34-26)25(28)17-13-22(30-3)27(32-5)23(14-17)31-4/h7-15H,6H2,1-5H3. The van der Waals surface area contributed by atoms with Crippen molar-refractivity contribution < 1.29 is 32.9 Å². The minimum Gasteiger partial charge on any atom is -0.497 e. The molecule has 4 aromatic rings. The molecule has 176 valence electrons. The third kappa shape index (κ3) is 4.12. The van der Waals surface area contributed by atoms with Crippen LogP contribution in [0.1, 0.15) is 22.8 Å². The van der Waals surface area contributed by atoms with E-state index >= 15 is 0 Å². The Bertz CT molecular complexity index is 1290. The number of ketones is 1. The van der Waals surface area contributed by atoms with Crippen molar-refractivity contribution in [3.8, 4) is 40.1 Å². The summed E-state index contributed by atoms with van der Waals surface area (Å²) in [6.45, 7) is 2.49. The van der Waals surface area contributed by atoms with Crippen LogP contribution in [0.5, 0.6) is 28.7 Å². The number of carbonyl (C=O) groups excluding carboxylic acids is 1. The predicted octanol–water partition coefficient (Wildman–Crippen LogP) is 5.76. The lowest BCUT2D eigenvalue weighted by atomic mass is 9.96. The second kappa shape index (κ2) is 9.79. The molecule has 1 heterocycles. The fraction of sp³-hybridized carbons (Fsp3) is 0.222. The number of furan rings is 1. The van der Waals surface area contributed by atoms with E-state index in [2.05, 4.69) is 0 Å². The number of ether oxygens (including phenoxy) is 5. The molecule has 0 aliphatic heterocycles. The first-order chi connectivity index (χ1) is 16.5. The summed E-state index contributed by atoms with van der Waals surface area (Å²) in [7, 11) is 6.12. The van der Waals surface area contributed by atoms with Gasteiger partial charge < -0.3 is 28.1 Å². The lowest BCUT2D eigenvalue weighted by Crippen LogP contribution is -2.05. The van der Waals surface area contributed by atoms with E-state index < -0.39 is 0 Å². The molecular formula is C27H26O7. The monoisotopic (exact) mass is 462 g/mol. The smallest absolute Gasteiger partial charge is 0.203 e. The lowest BCUT2D eigenvalue weighted by Gasteiger charge is -2.14. The Morgan fingerprint density at radius 2 is 1.44 bits per heavy atom. The van der Waals surface area contributed by atoms with Crippen molar-refractivity contribution in [1.82, 2.24) is 0 Å². The Balaban J connectivity index is 1.92. The van der Waals surface area contributed by atoms with Crippen LogP contribution in [0, 0.1) is 0 Å². The van der Waals surface area contributed by atoms with Gasteiger partial charge in [-0.2, -0.15) is 0 Å². The molecule has 0 aliphatic rings. The first-order valence-electron chi connectivity index (χ1n) is 10.7. The summed E-state index contributed by atoms with van der Waals surface area (Å²) in [5.41, 5.74) is 2.09. The third-order valence-corrected chi connectivity index (χ3v) is 5.48. The largest absolute Gasteiger partial charge is 0.497 e. The van der Waals surface area contributed by atoms with Crippen LogP contribution in [0.2, 0.25) is 0 Å². The van der Waals surface area contributed by atoms with E-state index in [4.69, 9.17) is 28.1 Å². The number of methoxy groups -OCH3 is 4. The summed E-state index contributed by atoms with van der Waals surface area (Å²) < 4.78 is 33.4. The molecule has 0 amide bonds. The highest BCUT2D eigenvalue weighted by Gasteiger charge is 2.26. The molecule has 0 saturated heterocycles. The van der Waals surface area contributed by atoms with Crippen LogP contribution in [0.3, 0.4) is 0 Å². The highest BCUT2D eigenvalue weighted by molar-refractivity contribution is 6.20. The van der Waals surface area contributed by atoms with E-state index in [-0.39, 0.29) is 5.78 Å². The van der Waals surface area contributed by atoms with E-state index in [1.807, 2.05) is 37.3 Å². The van der Waals surface area contributed by atoms with Crippen molar-refractivity contribution in [2.75, 3.05) is 35.0 Å². The maximum Gasteiger partial charge on any atom is 0.203 e. The van der Waals surface area contributed by atoms with Gasteiger partial charge in [0.15, 0.2) is 17.3 Å². The second-order valence-electron chi connectivity index (χ2n) is 7.37. The van der Waals surface area contributed by atoms with Gasteiger partial charge >= 0.3 is 0 Å². The van der Waals surface area contributed by atoms with E-state index in [0.29, 0.717) is 57.5 Å². The average Bonchev–Trinajstić information content (AvgIpc) is 3.26. The molecule has 0 unspecified atom stereocenters. The summed E-state index contributed by atoms with van der Waals surface area (Å²) >= 11 is 0. The fourth-order valence-corrected chi connectivity index (χ4v) is 3.86. The molecule has 0 fully saturated rings. The first kappa shape index (κ1) is 23.0. The van der Waals surface area contributed by atoms with Gasteiger partial charge in [-0.15, -0.1) is 0 Å². The van der Waals surface area contributed by atoms with Crippen molar-refractivity contribution in [3.05, 3.63) is 65.7 Å². The maximum atomic E-state index is 13.9. The first-order valence-corrected chi connectivity index (χ1v) is 10.7. The van der Waals surface area contributed by atoms with Crippen molar-refractivity contribution in [2.45, 2.75) is 6.92 Å². The third-order valence-electron chi connectivity index (χ3n) is 5.48. The lowest BCUT2D eigenvalue weighted by molar-refractivity contribution is 0.103. The number of fused-ring (bicyclic) bond motifs is 1. The van der Waals surface area contributed by atoms with E-state index in [9.17, 15) is 4.79 Å². The number of rotatable bonds is 9. The van der Waals surface area contributed by atoms with Crippen molar-refractivity contribution in [3.63, 3.8) is 0 Å². The van der Waals surface area contributed by atoms with Gasteiger partial charge in [-0.05, 0) is 55.5 Å². The second-order valence-corrected chi connectivity index (χ2v) is 7.37. The van der Waals surface area contributed by atoms with Crippen molar-refractivity contribution >= 4 is 16.8 Å². The van der Waals surface area contributed by atoms with Crippen LogP contribution in [-0.4, -0.2) is 40.8 Å². The number of hydrogen-bond acceptors (Lipinski definition) is 7. The predicted molar refractivity (Wildman–Crippen MR) is 129 cm³/mol. The molecule has 34 heavy (non-hydrogen) atoms. The van der Waals surface area contributed by atoms with Crippen LogP contribution < -0.4 is 23.7 Å². The summed E-state index contributed by atoms with van der Waals surface area (Å²) in [4.78, 5) is 13.9. The van der Waals surface area contributed by atoms with Gasteiger partial charge in [0.25, 0.3) is 0 Å². The van der Waals surface area contributed by atoms with Crippen LogP contribution in [-0.2, 0) is 0 Å². The molecule has 7 nitrogen and oxygen atoms in total. The molecule has 1 aromatic heterocycles. The highest BCUT2D eigenvalue weighted by Crippen LogP contribution is 2.41. The molecule has 0 saturated carbocycles. The van der Waals surface area contributed by atoms with Gasteiger partial charge in [0.2, 0.25) is 5.75 Å². The quantitative estimate of drug-likeness (QED) is 0.293. The normalized spacial score (nSPS) is 10.7. The van der Waals surface area contributed by atoms with Crippen LogP contribution >= 0.6 is 0 Å². The number of benzene rings is 3. The topological polar surface area (TPSA) is 76.4 Å². The van der Waals surface area contributed by atoms with E-state index in [1.165, 1.54) is 21.3 Å². The minimum absolute atomic E-state index is 0.243. The number of carbonyl (C=O) groups is 1. The molecule has 0 bridgehead atoms. The Labute approximate surface area is 197 Å². The Morgan fingerprint density at radius 1 is 0.794 bits per heavy atom. The average molecular weight is 462 g/mol. The summed E-state index contributed by atoms with van der Waals surface area (Å²) in [5.74, 6) is 2.77. The molecule has 3 aromatic carbocycles. The molecule has 7 heteroatoms. The minimum atomic E-state index is -0.243. The van der Waals surface area contributed by atoms with Gasteiger partial charge in [0.05, 0.1) is 40.6 Å². The van der Waals surface area contributed by atoms with Gasteiger partial charge in [0, 0.05) is 22.6 Å². The SMILES string of the molecule is CCOc1ccc(-c2oc3cc(OC)ccc3c2C(=O)c2cc(OC)c(OC)c(OC)c2)cc1. The van der Waals surface area contributed by atoms with Crippen molar-refractivity contribution in [1.29, 1.82) is 0 Å². The molecule has 0 aliphatic carbocycles. The molecule has 0 radical (unpaired) electrons.